The van der Waals surface area contributed by atoms with E-state index in [1.807, 2.05) is 0 Å². The molecule has 0 saturated heterocycles. The first-order valence-corrected chi connectivity index (χ1v) is 5.82. The van der Waals surface area contributed by atoms with E-state index in [1.165, 1.54) is 26.4 Å². The zero-order valence-corrected chi connectivity index (χ0v) is 10.7. The van der Waals surface area contributed by atoms with Crippen molar-refractivity contribution in [2.24, 2.45) is 4.99 Å². The van der Waals surface area contributed by atoms with Crippen LogP contribution in [0.15, 0.2) is 11.1 Å². The van der Waals surface area contributed by atoms with Crippen LogP contribution in [0.1, 0.15) is 24.8 Å². The Hall–Kier alpha value is -2.07. The van der Waals surface area contributed by atoms with Crippen molar-refractivity contribution in [1.29, 1.82) is 0 Å². The number of rotatable bonds is 4. The van der Waals surface area contributed by atoms with Gasteiger partial charge >= 0.3 is 0 Å². The molecule has 0 atom stereocenters. The quantitative estimate of drug-likeness (QED) is 0.671. The molecule has 0 radical (unpaired) electrons. The lowest BCUT2D eigenvalue weighted by atomic mass is 9.72. The summed E-state index contributed by atoms with van der Waals surface area (Å²) in [5.41, 5.74) is -0.663. The van der Waals surface area contributed by atoms with Crippen LogP contribution < -0.4 is 9.47 Å². The molecular formula is C13H14FNO4. The van der Waals surface area contributed by atoms with E-state index in [2.05, 4.69) is 4.99 Å². The lowest BCUT2D eigenvalue weighted by molar-refractivity contribution is 0.241. The zero-order valence-electron chi connectivity index (χ0n) is 10.7. The molecule has 19 heavy (non-hydrogen) atoms. The van der Waals surface area contributed by atoms with Gasteiger partial charge in [-0.15, -0.1) is 0 Å². The summed E-state index contributed by atoms with van der Waals surface area (Å²) in [6.07, 6.45) is 3.46. The Kier molecular flexibility index (Phi) is 3.44. The average Bonchev–Trinajstić information content (AvgIpc) is 2.37. The van der Waals surface area contributed by atoms with Gasteiger partial charge in [-0.1, -0.05) is 0 Å². The number of aromatic hydroxyl groups is 1. The molecule has 0 spiro atoms. The van der Waals surface area contributed by atoms with Gasteiger partial charge in [-0.25, -0.2) is 4.79 Å². The number of isocyanates is 1. The average molecular weight is 267 g/mol. The highest BCUT2D eigenvalue weighted by molar-refractivity contribution is 5.55. The van der Waals surface area contributed by atoms with Crippen molar-refractivity contribution < 1.29 is 23.8 Å². The molecule has 5 nitrogen and oxygen atoms in total. The SMILES string of the molecule is COc1cc(C2(N=C=O)CCC2)c(O)c(F)c1OC. The fourth-order valence-electron chi connectivity index (χ4n) is 2.34. The molecule has 1 aromatic carbocycles. The number of phenolic OH excluding ortho intramolecular Hbond substituents is 1. The number of benzene rings is 1. The summed E-state index contributed by atoms with van der Waals surface area (Å²) in [5, 5.41) is 9.96. The van der Waals surface area contributed by atoms with Crippen LogP contribution in [0.2, 0.25) is 0 Å². The number of halogens is 1. The number of hydrogen-bond donors (Lipinski definition) is 1. The van der Waals surface area contributed by atoms with E-state index in [4.69, 9.17) is 9.47 Å². The predicted octanol–water partition coefficient (Wildman–Crippen LogP) is 2.26. The minimum absolute atomic E-state index is 0.153. The standard InChI is InChI=1S/C13H14FNO4/c1-18-9-6-8(11(17)10(14)12(9)19-2)13(15-7-16)4-3-5-13/h6,17H,3-5H2,1-2H3. The van der Waals surface area contributed by atoms with Crippen LogP contribution in [0.25, 0.3) is 0 Å². The second-order valence-corrected chi connectivity index (χ2v) is 4.41. The number of phenols is 1. The third kappa shape index (κ3) is 1.94. The van der Waals surface area contributed by atoms with Crippen LogP contribution in [0, 0.1) is 5.82 Å². The van der Waals surface area contributed by atoms with E-state index in [0.717, 1.165) is 6.42 Å². The summed E-state index contributed by atoms with van der Waals surface area (Å²) < 4.78 is 23.9. The van der Waals surface area contributed by atoms with E-state index in [-0.39, 0.29) is 17.1 Å². The Morgan fingerprint density at radius 3 is 2.53 bits per heavy atom. The predicted molar refractivity (Wildman–Crippen MR) is 64.8 cm³/mol. The summed E-state index contributed by atoms with van der Waals surface area (Å²) in [6, 6.07) is 1.46. The highest BCUT2D eigenvalue weighted by atomic mass is 19.1. The van der Waals surface area contributed by atoms with Gasteiger partial charge in [0, 0.05) is 5.56 Å². The molecule has 6 heteroatoms. The molecule has 1 aliphatic rings. The van der Waals surface area contributed by atoms with Gasteiger partial charge in [0.1, 0.15) is 5.54 Å². The van der Waals surface area contributed by atoms with E-state index < -0.39 is 17.1 Å². The first kappa shape index (κ1) is 13.4. The first-order chi connectivity index (χ1) is 9.09. The van der Waals surface area contributed by atoms with Crippen LogP contribution in [-0.2, 0) is 10.3 Å². The van der Waals surface area contributed by atoms with Crippen LogP contribution in [-0.4, -0.2) is 25.4 Å². The molecule has 1 N–H and O–H groups in total. The molecule has 0 unspecified atom stereocenters. The number of aliphatic imine (C=N–C) groups is 1. The number of methoxy groups -OCH3 is 2. The molecule has 0 amide bonds. The van der Waals surface area contributed by atoms with Crippen molar-refractivity contribution in [3.05, 3.63) is 17.4 Å². The fraction of sp³-hybridized carbons (Fsp3) is 0.462. The molecule has 1 aromatic rings. The lowest BCUT2D eigenvalue weighted by Gasteiger charge is -2.37. The van der Waals surface area contributed by atoms with Gasteiger partial charge in [0.25, 0.3) is 0 Å². The summed E-state index contributed by atoms with van der Waals surface area (Å²) in [5.74, 6) is -1.49. The van der Waals surface area contributed by atoms with E-state index >= 15 is 0 Å². The van der Waals surface area contributed by atoms with Crippen molar-refractivity contribution in [2.45, 2.75) is 24.8 Å². The molecule has 1 saturated carbocycles. The van der Waals surface area contributed by atoms with Gasteiger partial charge < -0.3 is 14.6 Å². The van der Waals surface area contributed by atoms with Crippen molar-refractivity contribution in [3.8, 4) is 17.2 Å². The van der Waals surface area contributed by atoms with Crippen LogP contribution in [0.4, 0.5) is 4.39 Å². The molecular weight excluding hydrogens is 253 g/mol. The summed E-state index contributed by atoms with van der Waals surface area (Å²) in [7, 11) is 2.65. The zero-order chi connectivity index (χ0) is 14.0. The van der Waals surface area contributed by atoms with Gasteiger partial charge in [0.05, 0.1) is 14.2 Å². The molecule has 1 fully saturated rings. The maximum absolute atomic E-state index is 14.0. The Morgan fingerprint density at radius 2 is 2.11 bits per heavy atom. The fourth-order valence-corrected chi connectivity index (χ4v) is 2.34. The topological polar surface area (TPSA) is 68.1 Å². The van der Waals surface area contributed by atoms with Crippen molar-refractivity contribution in [2.75, 3.05) is 14.2 Å². The molecule has 0 aliphatic heterocycles. The van der Waals surface area contributed by atoms with Crippen LogP contribution in [0.3, 0.4) is 0 Å². The third-order valence-electron chi connectivity index (χ3n) is 3.53. The second-order valence-electron chi connectivity index (χ2n) is 4.41. The Balaban J connectivity index is 2.64. The maximum atomic E-state index is 14.0. The molecule has 0 heterocycles. The van der Waals surface area contributed by atoms with E-state index in [1.54, 1.807) is 0 Å². The third-order valence-corrected chi connectivity index (χ3v) is 3.53. The highest BCUT2D eigenvalue weighted by Crippen LogP contribution is 2.51. The molecule has 0 bridgehead atoms. The van der Waals surface area contributed by atoms with Crippen LogP contribution >= 0.6 is 0 Å². The van der Waals surface area contributed by atoms with Crippen molar-refractivity contribution in [1.82, 2.24) is 0 Å². The normalized spacial score (nSPS) is 16.2. The number of ether oxygens (including phenoxy) is 2. The van der Waals surface area contributed by atoms with Gasteiger partial charge in [-0.3, -0.25) is 0 Å². The molecule has 1 aliphatic carbocycles. The number of hydrogen-bond acceptors (Lipinski definition) is 5. The van der Waals surface area contributed by atoms with Gasteiger partial charge in [0.2, 0.25) is 17.6 Å². The molecule has 102 valence electrons. The highest BCUT2D eigenvalue weighted by Gasteiger charge is 2.42. The number of nitrogens with zero attached hydrogens (tertiary/aromatic N) is 1. The van der Waals surface area contributed by atoms with Crippen molar-refractivity contribution >= 4 is 6.08 Å². The summed E-state index contributed by atoms with van der Waals surface area (Å²) in [6.45, 7) is 0. The molecule has 2 rings (SSSR count). The Bertz CT molecular complexity index is 548. The van der Waals surface area contributed by atoms with Gasteiger partial charge in [0.15, 0.2) is 11.5 Å². The summed E-state index contributed by atoms with van der Waals surface area (Å²) >= 11 is 0. The Morgan fingerprint density at radius 1 is 1.42 bits per heavy atom. The lowest BCUT2D eigenvalue weighted by Crippen LogP contribution is -2.32. The smallest absolute Gasteiger partial charge is 0.235 e. The van der Waals surface area contributed by atoms with E-state index in [9.17, 15) is 14.3 Å². The first-order valence-electron chi connectivity index (χ1n) is 5.82. The van der Waals surface area contributed by atoms with Crippen LogP contribution in [0.5, 0.6) is 17.2 Å². The van der Waals surface area contributed by atoms with Crippen molar-refractivity contribution in [3.63, 3.8) is 0 Å². The Labute approximate surface area is 109 Å². The maximum Gasteiger partial charge on any atom is 0.235 e. The number of carbonyl (C=O) groups excluding carboxylic acids is 1. The molecule has 0 aromatic heterocycles. The van der Waals surface area contributed by atoms with Gasteiger partial charge in [-0.2, -0.15) is 9.38 Å². The summed E-state index contributed by atoms with van der Waals surface area (Å²) in [4.78, 5) is 14.3. The minimum atomic E-state index is -0.913. The minimum Gasteiger partial charge on any atom is -0.504 e. The second kappa shape index (κ2) is 4.90. The van der Waals surface area contributed by atoms with Gasteiger partial charge in [-0.05, 0) is 25.3 Å². The largest absolute Gasteiger partial charge is 0.504 e. The van der Waals surface area contributed by atoms with E-state index in [0.29, 0.717) is 12.8 Å². The monoisotopic (exact) mass is 267 g/mol.